The van der Waals surface area contributed by atoms with E-state index < -0.39 is 22.3 Å². The summed E-state index contributed by atoms with van der Waals surface area (Å²) in [5.41, 5.74) is -0.705. The molecule has 1 amide bonds. The fourth-order valence-corrected chi connectivity index (χ4v) is 2.04. The fourth-order valence-electron chi connectivity index (χ4n) is 1.55. The highest BCUT2D eigenvalue weighted by atomic mass is 79.9. The Bertz CT molecular complexity index is 498. The monoisotopic (exact) mass is 348 g/mol. The van der Waals surface area contributed by atoms with Crippen molar-refractivity contribution < 1.29 is 18.8 Å². The molecular weight excluding hydrogens is 335 g/mol. The van der Waals surface area contributed by atoms with Crippen LogP contribution < -0.4 is 5.32 Å². The van der Waals surface area contributed by atoms with E-state index in [0.29, 0.717) is 19.6 Å². The van der Waals surface area contributed by atoms with E-state index in [2.05, 4.69) is 21.2 Å². The van der Waals surface area contributed by atoms with Gasteiger partial charge in [-0.15, -0.1) is 0 Å². The number of nitrogens with zero attached hydrogens (tertiary/aromatic N) is 1. The molecule has 0 saturated carbocycles. The third-order valence-electron chi connectivity index (χ3n) is 2.49. The summed E-state index contributed by atoms with van der Waals surface area (Å²) in [5.74, 6) is -1.37. The second-order valence-corrected chi connectivity index (χ2v) is 5.31. The molecule has 1 N–H and O–H groups in total. The molecule has 1 rings (SSSR count). The molecular formula is C12H14BrFN2O4. The molecule has 0 radical (unpaired) electrons. The number of alkyl halides is 1. The third-order valence-corrected chi connectivity index (χ3v) is 3.21. The Kier molecular flexibility index (Phi) is 6.53. The van der Waals surface area contributed by atoms with Crippen molar-refractivity contribution >= 4 is 27.5 Å². The Hall–Kier alpha value is -1.54. The predicted molar refractivity (Wildman–Crippen MR) is 74.6 cm³/mol. The lowest BCUT2D eigenvalue weighted by Gasteiger charge is -2.09. The van der Waals surface area contributed by atoms with Crippen LogP contribution in [0.5, 0.6) is 0 Å². The zero-order chi connectivity index (χ0) is 15.1. The summed E-state index contributed by atoms with van der Waals surface area (Å²) < 4.78 is 18.0. The number of nitro benzene ring substituents is 1. The number of hydrogen-bond acceptors (Lipinski definition) is 4. The molecule has 0 bridgehead atoms. The van der Waals surface area contributed by atoms with Crippen LogP contribution in [-0.4, -0.2) is 35.9 Å². The minimum absolute atomic E-state index is 0.0651. The van der Waals surface area contributed by atoms with E-state index in [1.807, 2.05) is 0 Å². The number of amides is 1. The number of carbonyl (C=O) groups is 1. The number of rotatable bonds is 7. The molecule has 0 saturated heterocycles. The van der Waals surface area contributed by atoms with Gasteiger partial charge in [0.05, 0.1) is 11.5 Å². The quantitative estimate of drug-likeness (QED) is 0.465. The van der Waals surface area contributed by atoms with Gasteiger partial charge in [0, 0.05) is 24.5 Å². The smallest absolute Gasteiger partial charge is 0.282 e. The normalized spacial score (nSPS) is 11.9. The lowest BCUT2D eigenvalue weighted by molar-refractivity contribution is -0.385. The Morgan fingerprint density at radius 3 is 2.90 bits per heavy atom. The molecule has 0 spiro atoms. The van der Waals surface area contributed by atoms with Crippen molar-refractivity contribution in [3.63, 3.8) is 0 Å². The zero-order valence-corrected chi connectivity index (χ0v) is 12.4. The number of nitro groups is 1. The minimum Gasteiger partial charge on any atom is -0.384 e. The van der Waals surface area contributed by atoms with Crippen LogP contribution in [0.3, 0.4) is 0 Å². The number of benzene rings is 1. The molecule has 1 atom stereocenters. The third kappa shape index (κ3) is 4.86. The largest absolute Gasteiger partial charge is 0.384 e. The lowest BCUT2D eigenvalue weighted by atomic mass is 10.1. The first-order valence-electron chi connectivity index (χ1n) is 5.81. The average Bonchev–Trinajstić information content (AvgIpc) is 2.38. The van der Waals surface area contributed by atoms with Crippen molar-refractivity contribution in [3.8, 4) is 0 Å². The molecule has 6 nitrogen and oxygen atoms in total. The highest BCUT2D eigenvalue weighted by molar-refractivity contribution is 9.09. The van der Waals surface area contributed by atoms with Gasteiger partial charge in [0.15, 0.2) is 0 Å². The highest BCUT2D eigenvalue weighted by Crippen LogP contribution is 2.19. The van der Waals surface area contributed by atoms with Crippen LogP contribution in [0.15, 0.2) is 18.2 Å². The van der Waals surface area contributed by atoms with Crippen LogP contribution in [0, 0.1) is 15.9 Å². The van der Waals surface area contributed by atoms with E-state index in [1.54, 1.807) is 7.11 Å². The van der Waals surface area contributed by atoms with Gasteiger partial charge in [0.25, 0.3) is 11.6 Å². The van der Waals surface area contributed by atoms with Crippen molar-refractivity contribution in [1.82, 2.24) is 5.32 Å². The van der Waals surface area contributed by atoms with Crippen LogP contribution in [0.4, 0.5) is 10.1 Å². The molecule has 0 aliphatic heterocycles. The van der Waals surface area contributed by atoms with Crippen molar-refractivity contribution in [1.29, 1.82) is 0 Å². The number of carbonyl (C=O) groups excluding carboxylic acids is 1. The molecule has 1 aromatic rings. The van der Waals surface area contributed by atoms with E-state index in [-0.39, 0.29) is 10.4 Å². The highest BCUT2D eigenvalue weighted by Gasteiger charge is 2.20. The summed E-state index contributed by atoms with van der Waals surface area (Å²) in [4.78, 5) is 22.0. The van der Waals surface area contributed by atoms with E-state index in [1.165, 1.54) is 0 Å². The average molecular weight is 349 g/mol. The van der Waals surface area contributed by atoms with E-state index in [0.717, 1.165) is 18.2 Å². The van der Waals surface area contributed by atoms with Crippen molar-refractivity contribution in [2.45, 2.75) is 11.2 Å². The fraction of sp³-hybridized carbons (Fsp3) is 0.417. The first-order valence-corrected chi connectivity index (χ1v) is 6.72. The number of halogens is 2. The Labute approximate surface area is 123 Å². The van der Waals surface area contributed by atoms with Crippen LogP contribution >= 0.6 is 15.9 Å². The van der Waals surface area contributed by atoms with E-state index in [9.17, 15) is 19.3 Å². The van der Waals surface area contributed by atoms with Gasteiger partial charge in [0.2, 0.25) is 0 Å². The standard InChI is InChI=1S/C12H14BrFN2O4/c1-20-7-8(13)4-5-15-12(17)10-6-9(14)2-3-11(10)16(18)19/h2-3,6,8H,4-5,7H2,1H3,(H,15,17). The van der Waals surface area contributed by atoms with Gasteiger partial charge in [-0.05, 0) is 18.6 Å². The summed E-state index contributed by atoms with van der Waals surface area (Å²) in [6.45, 7) is 0.780. The van der Waals surface area contributed by atoms with Crippen molar-refractivity contribution in [2.75, 3.05) is 20.3 Å². The number of hydrogen-bond donors (Lipinski definition) is 1. The van der Waals surface area contributed by atoms with Crippen LogP contribution in [0.25, 0.3) is 0 Å². The molecule has 0 aliphatic rings. The molecule has 110 valence electrons. The maximum absolute atomic E-state index is 13.1. The van der Waals surface area contributed by atoms with Gasteiger partial charge in [-0.2, -0.15) is 0 Å². The van der Waals surface area contributed by atoms with Gasteiger partial charge >= 0.3 is 0 Å². The van der Waals surface area contributed by atoms with Crippen LogP contribution in [0.2, 0.25) is 0 Å². The maximum Gasteiger partial charge on any atom is 0.282 e. The summed E-state index contributed by atoms with van der Waals surface area (Å²) >= 11 is 3.35. The maximum atomic E-state index is 13.1. The van der Waals surface area contributed by atoms with Gasteiger partial charge in [-0.25, -0.2) is 4.39 Å². The van der Waals surface area contributed by atoms with Gasteiger partial charge in [-0.3, -0.25) is 14.9 Å². The number of methoxy groups -OCH3 is 1. The van der Waals surface area contributed by atoms with Crippen molar-refractivity contribution in [2.24, 2.45) is 0 Å². The summed E-state index contributed by atoms with van der Waals surface area (Å²) in [7, 11) is 1.56. The molecule has 20 heavy (non-hydrogen) atoms. The van der Waals surface area contributed by atoms with Gasteiger partial charge in [-0.1, -0.05) is 15.9 Å². The molecule has 0 fully saturated rings. The SMILES string of the molecule is COCC(Br)CCNC(=O)c1cc(F)ccc1[N+](=O)[O-]. The molecule has 1 unspecified atom stereocenters. The molecule has 0 aromatic heterocycles. The zero-order valence-electron chi connectivity index (χ0n) is 10.8. The molecule has 8 heteroatoms. The Morgan fingerprint density at radius 1 is 1.60 bits per heavy atom. The van der Waals surface area contributed by atoms with Crippen molar-refractivity contribution in [3.05, 3.63) is 39.7 Å². The molecule has 0 heterocycles. The Balaban J connectivity index is 2.68. The van der Waals surface area contributed by atoms with Gasteiger partial charge in [0.1, 0.15) is 11.4 Å². The summed E-state index contributed by atoms with van der Waals surface area (Å²) in [6, 6.07) is 2.78. The second-order valence-electron chi connectivity index (χ2n) is 4.02. The Morgan fingerprint density at radius 2 is 2.30 bits per heavy atom. The van der Waals surface area contributed by atoms with E-state index in [4.69, 9.17) is 4.74 Å². The first-order chi connectivity index (χ1) is 9.45. The first kappa shape index (κ1) is 16.5. The number of ether oxygens (including phenoxy) is 1. The second kappa shape index (κ2) is 7.91. The van der Waals surface area contributed by atoms with Crippen LogP contribution in [0.1, 0.15) is 16.8 Å². The molecule has 0 aliphatic carbocycles. The number of nitrogens with one attached hydrogen (secondary N) is 1. The van der Waals surface area contributed by atoms with Crippen LogP contribution in [-0.2, 0) is 4.74 Å². The topological polar surface area (TPSA) is 81.5 Å². The molecule has 1 aromatic carbocycles. The van der Waals surface area contributed by atoms with Gasteiger partial charge < -0.3 is 10.1 Å². The summed E-state index contributed by atoms with van der Waals surface area (Å²) in [5, 5.41) is 13.3. The predicted octanol–water partition coefficient (Wildman–Crippen LogP) is 2.26. The lowest BCUT2D eigenvalue weighted by Crippen LogP contribution is -2.27. The van der Waals surface area contributed by atoms with E-state index >= 15 is 0 Å². The summed E-state index contributed by atoms with van der Waals surface area (Å²) in [6.07, 6.45) is 0.586. The minimum atomic E-state index is -0.716.